The molecule has 2 atom stereocenters. The van der Waals surface area contributed by atoms with Gasteiger partial charge in [-0.1, -0.05) is 48.5 Å². The van der Waals surface area contributed by atoms with Crippen LogP contribution in [0.5, 0.6) is 0 Å². The molecule has 0 radical (unpaired) electrons. The standard InChI is InChI=1S/C21H20FNO4/c1-26-20(24)19-10-13(22)11-23(19)21(25)27-12-18-16-8-4-2-6-14(16)15-7-3-5-9-17(15)18/h2-9,13,18-19H,10-12H2,1H3/t13-,19-/m0/s1. The molecule has 2 aromatic rings. The molecule has 1 fully saturated rings. The zero-order valence-corrected chi connectivity index (χ0v) is 14.9. The molecule has 140 valence electrons. The molecule has 1 aliphatic carbocycles. The Morgan fingerprint density at radius 3 is 2.26 bits per heavy atom. The Bertz CT molecular complexity index is 838. The van der Waals surface area contributed by atoms with Gasteiger partial charge in [0.2, 0.25) is 0 Å². The second-order valence-electron chi connectivity index (χ2n) is 6.83. The minimum atomic E-state index is -1.26. The molecule has 0 bridgehead atoms. The number of carbonyl (C=O) groups excluding carboxylic acids is 2. The Kier molecular flexibility index (Phi) is 4.56. The summed E-state index contributed by atoms with van der Waals surface area (Å²) in [6, 6.07) is 15.1. The first kappa shape index (κ1) is 17.5. The molecule has 2 aromatic carbocycles. The maximum atomic E-state index is 13.8. The van der Waals surface area contributed by atoms with Crippen molar-refractivity contribution in [2.75, 3.05) is 20.3 Å². The number of hydrogen-bond donors (Lipinski definition) is 0. The molecule has 2 aliphatic rings. The van der Waals surface area contributed by atoms with Crippen LogP contribution >= 0.6 is 0 Å². The Labute approximate surface area is 156 Å². The predicted octanol–water partition coefficient (Wildman–Crippen LogP) is 3.52. The summed E-state index contributed by atoms with van der Waals surface area (Å²) in [4.78, 5) is 25.5. The van der Waals surface area contributed by atoms with Gasteiger partial charge in [-0.2, -0.15) is 0 Å². The highest BCUT2D eigenvalue weighted by molar-refractivity contribution is 5.82. The van der Waals surface area contributed by atoms with E-state index in [9.17, 15) is 14.0 Å². The molecule has 0 aromatic heterocycles. The number of amides is 1. The van der Waals surface area contributed by atoms with Crippen molar-refractivity contribution < 1.29 is 23.5 Å². The number of fused-ring (bicyclic) bond motifs is 3. The highest BCUT2D eigenvalue weighted by Gasteiger charge is 2.42. The van der Waals surface area contributed by atoms with Crippen LogP contribution in [0.25, 0.3) is 11.1 Å². The molecule has 0 spiro atoms. The lowest BCUT2D eigenvalue weighted by Crippen LogP contribution is -2.41. The fourth-order valence-corrected chi connectivity index (χ4v) is 4.02. The summed E-state index contributed by atoms with van der Waals surface area (Å²) in [6.07, 6.45) is -2.00. The second kappa shape index (κ2) is 7.02. The number of methoxy groups -OCH3 is 1. The fraction of sp³-hybridized carbons (Fsp3) is 0.333. The first-order chi connectivity index (χ1) is 13.1. The molecule has 1 amide bonds. The molecular formula is C21H20FNO4. The van der Waals surface area contributed by atoms with Gasteiger partial charge in [0, 0.05) is 12.3 Å². The number of carbonyl (C=O) groups is 2. The molecule has 1 heterocycles. The maximum absolute atomic E-state index is 13.8. The van der Waals surface area contributed by atoms with Crippen LogP contribution in [0, 0.1) is 0 Å². The minimum absolute atomic E-state index is 0.0587. The summed E-state index contributed by atoms with van der Waals surface area (Å²) in [5.74, 6) is -0.703. The summed E-state index contributed by atoms with van der Waals surface area (Å²) in [5, 5.41) is 0. The summed E-state index contributed by atoms with van der Waals surface area (Å²) >= 11 is 0. The van der Waals surface area contributed by atoms with E-state index in [2.05, 4.69) is 16.9 Å². The highest BCUT2D eigenvalue weighted by atomic mass is 19.1. The van der Waals surface area contributed by atoms with E-state index in [1.54, 1.807) is 0 Å². The SMILES string of the molecule is COC(=O)[C@@H]1C[C@H](F)CN1C(=O)OCC1c2ccccc2-c2ccccc21. The van der Waals surface area contributed by atoms with Gasteiger partial charge in [-0.15, -0.1) is 0 Å². The van der Waals surface area contributed by atoms with E-state index in [0.29, 0.717) is 0 Å². The van der Waals surface area contributed by atoms with Gasteiger partial charge in [-0.05, 0) is 22.3 Å². The Morgan fingerprint density at radius 2 is 1.67 bits per heavy atom. The van der Waals surface area contributed by atoms with Crippen molar-refractivity contribution >= 4 is 12.1 Å². The monoisotopic (exact) mass is 369 g/mol. The summed E-state index contributed by atoms with van der Waals surface area (Å²) in [7, 11) is 1.23. The van der Waals surface area contributed by atoms with Crippen molar-refractivity contribution in [3.05, 3.63) is 59.7 Å². The molecule has 0 N–H and O–H groups in total. The van der Waals surface area contributed by atoms with Gasteiger partial charge >= 0.3 is 12.1 Å². The number of likely N-dealkylation sites (tertiary alicyclic amines) is 1. The fourth-order valence-electron chi connectivity index (χ4n) is 4.02. The number of hydrogen-bond acceptors (Lipinski definition) is 4. The van der Waals surface area contributed by atoms with Crippen molar-refractivity contribution in [1.82, 2.24) is 4.90 Å². The molecular weight excluding hydrogens is 349 g/mol. The number of ether oxygens (including phenoxy) is 2. The van der Waals surface area contributed by atoms with Gasteiger partial charge in [-0.25, -0.2) is 14.0 Å². The van der Waals surface area contributed by atoms with Crippen LogP contribution in [0.4, 0.5) is 9.18 Å². The topological polar surface area (TPSA) is 55.8 Å². The van der Waals surface area contributed by atoms with Crippen molar-refractivity contribution in [2.24, 2.45) is 0 Å². The molecule has 0 unspecified atom stereocenters. The Balaban J connectivity index is 1.52. The molecule has 1 saturated heterocycles. The number of alkyl halides is 1. The molecule has 27 heavy (non-hydrogen) atoms. The van der Waals surface area contributed by atoms with Gasteiger partial charge < -0.3 is 9.47 Å². The number of rotatable bonds is 3. The summed E-state index contributed by atoms with van der Waals surface area (Å²) in [6.45, 7) is -0.0232. The van der Waals surface area contributed by atoms with Gasteiger partial charge in [0.1, 0.15) is 18.8 Å². The van der Waals surface area contributed by atoms with Gasteiger partial charge in [-0.3, -0.25) is 4.90 Å². The zero-order chi connectivity index (χ0) is 19.0. The highest BCUT2D eigenvalue weighted by Crippen LogP contribution is 2.44. The lowest BCUT2D eigenvalue weighted by atomic mass is 9.98. The second-order valence-corrected chi connectivity index (χ2v) is 6.83. The van der Waals surface area contributed by atoms with Crippen LogP contribution in [0.1, 0.15) is 23.5 Å². The van der Waals surface area contributed by atoms with E-state index in [0.717, 1.165) is 27.2 Å². The molecule has 5 nitrogen and oxygen atoms in total. The number of nitrogens with zero attached hydrogens (tertiary/aromatic N) is 1. The summed E-state index contributed by atoms with van der Waals surface area (Å²) in [5.41, 5.74) is 4.46. The quantitative estimate of drug-likeness (QED) is 0.777. The lowest BCUT2D eigenvalue weighted by Gasteiger charge is -2.23. The Hall–Kier alpha value is -2.89. The maximum Gasteiger partial charge on any atom is 0.410 e. The van der Waals surface area contributed by atoms with Gasteiger partial charge in [0.25, 0.3) is 0 Å². The normalized spacial score (nSPS) is 20.9. The van der Waals surface area contributed by atoms with Crippen LogP contribution in [-0.4, -0.2) is 49.4 Å². The van der Waals surface area contributed by atoms with Crippen LogP contribution < -0.4 is 0 Å². The van der Waals surface area contributed by atoms with Gasteiger partial charge in [0.05, 0.1) is 13.7 Å². The van der Waals surface area contributed by atoms with Crippen LogP contribution in [0.15, 0.2) is 48.5 Å². The summed E-state index contributed by atoms with van der Waals surface area (Å²) < 4.78 is 23.9. The Morgan fingerprint density at radius 1 is 1.07 bits per heavy atom. The molecule has 6 heteroatoms. The van der Waals surface area contributed by atoms with E-state index in [1.165, 1.54) is 7.11 Å². The van der Waals surface area contributed by atoms with E-state index in [-0.39, 0.29) is 25.5 Å². The average Bonchev–Trinajstić information content (AvgIpc) is 3.24. The van der Waals surface area contributed by atoms with E-state index in [4.69, 9.17) is 4.74 Å². The van der Waals surface area contributed by atoms with Crippen molar-refractivity contribution in [3.8, 4) is 11.1 Å². The third-order valence-corrected chi connectivity index (χ3v) is 5.29. The third-order valence-electron chi connectivity index (χ3n) is 5.29. The number of halogens is 1. The van der Waals surface area contributed by atoms with Crippen LogP contribution in [0.2, 0.25) is 0 Å². The first-order valence-corrected chi connectivity index (χ1v) is 8.93. The van der Waals surface area contributed by atoms with Crippen molar-refractivity contribution in [3.63, 3.8) is 0 Å². The van der Waals surface area contributed by atoms with E-state index < -0.39 is 24.3 Å². The van der Waals surface area contributed by atoms with E-state index in [1.807, 2.05) is 36.4 Å². The van der Waals surface area contributed by atoms with Crippen LogP contribution in [-0.2, 0) is 14.3 Å². The zero-order valence-electron chi connectivity index (χ0n) is 14.9. The third kappa shape index (κ3) is 3.05. The molecule has 4 rings (SSSR count). The van der Waals surface area contributed by atoms with Gasteiger partial charge in [0.15, 0.2) is 0 Å². The molecule has 1 aliphatic heterocycles. The van der Waals surface area contributed by atoms with Crippen molar-refractivity contribution in [2.45, 2.75) is 24.6 Å². The predicted molar refractivity (Wildman–Crippen MR) is 97.1 cm³/mol. The average molecular weight is 369 g/mol. The smallest absolute Gasteiger partial charge is 0.410 e. The minimum Gasteiger partial charge on any atom is -0.467 e. The van der Waals surface area contributed by atoms with Crippen molar-refractivity contribution in [1.29, 1.82) is 0 Å². The molecule has 0 saturated carbocycles. The lowest BCUT2D eigenvalue weighted by molar-refractivity contribution is -0.145. The first-order valence-electron chi connectivity index (χ1n) is 8.93. The van der Waals surface area contributed by atoms with Crippen LogP contribution in [0.3, 0.4) is 0 Å². The van der Waals surface area contributed by atoms with E-state index >= 15 is 0 Å². The number of benzene rings is 2. The largest absolute Gasteiger partial charge is 0.467 e. The number of esters is 1.